The van der Waals surface area contributed by atoms with E-state index in [0.717, 1.165) is 29.1 Å². The summed E-state index contributed by atoms with van der Waals surface area (Å²) in [6, 6.07) is 18.8. The molecule has 2 aromatic carbocycles. The van der Waals surface area contributed by atoms with Crippen LogP contribution >= 0.6 is 11.8 Å². The third kappa shape index (κ3) is 6.17. The Balaban J connectivity index is 1.39. The zero-order valence-electron chi connectivity index (χ0n) is 22.4. The Hall–Kier alpha value is -3.84. The summed E-state index contributed by atoms with van der Waals surface area (Å²) in [5.41, 5.74) is 5.42. The number of methoxy groups -OCH3 is 1. The summed E-state index contributed by atoms with van der Waals surface area (Å²) in [4.78, 5) is 14.5. The van der Waals surface area contributed by atoms with Gasteiger partial charge in [0.25, 0.3) is 0 Å². The molecule has 0 amide bonds. The molecule has 3 heterocycles. The van der Waals surface area contributed by atoms with Crippen molar-refractivity contribution in [3.05, 3.63) is 96.2 Å². The van der Waals surface area contributed by atoms with Crippen LogP contribution in [0.15, 0.2) is 84.3 Å². The van der Waals surface area contributed by atoms with Crippen LogP contribution in [0, 0.1) is 6.92 Å². The average Bonchev–Trinajstić information content (AvgIpc) is 3.23. The van der Waals surface area contributed by atoms with E-state index in [0.29, 0.717) is 18.2 Å². The molecule has 6 nitrogen and oxygen atoms in total. The van der Waals surface area contributed by atoms with E-state index in [1.54, 1.807) is 19.5 Å². The lowest BCUT2D eigenvalue weighted by atomic mass is 10.1. The topological polar surface area (TPSA) is 62.1 Å². The number of hydrogen-bond acceptors (Lipinski definition) is 6. The molecule has 0 spiro atoms. The fraction of sp³-hybridized carbons (Fsp3) is 0.258. The first kappa shape index (κ1) is 25.8. The van der Waals surface area contributed by atoms with E-state index in [1.165, 1.54) is 21.4 Å². The number of benzene rings is 2. The first-order valence-corrected chi connectivity index (χ1v) is 13.4. The second kappa shape index (κ2) is 10.9. The van der Waals surface area contributed by atoms with E-state index in [4.69, 9.17) is 9.47 Å². The van der Waals surface area contributed by atoms with Gasteiger partial charge in [0.2, 0.25) is 0 Å². The Labute approximate surface area is 228 Å². The van der Waals surface area contributed by atoms with Crippen LogP contribution in [0.5, 0.6) is 11.5 Å². The van der Waals surface area contributed by atoms with E-state index in [9.17, 15) is 0 Å². The number of hydrogen-bond donors (Lipinski definition) is 0. The minimum atomic E-state index is 0.0851. The SMILES string of the molecule is COc1cnc(-c2ccc(Cn3cc(SC(C)(C)C)c4cc(OCc5ccc(C)cn5)ccc43)cc2)nc1. The van der Waals surface area contributed by atoms with Gasteiger partial charge < -0.3 is 14.0 Å². The lowest BCUT2D eigenvalue weighted by Crippen LogP contribution is -2.06. The second-order valence-electron chi connectivity index (χ2n) is 10.3. The standard InChI is InChI=1S/C31H32N4O2S/c1-21-6-11-24(32-15-21)20-37-25-12-13-28-27(14-25)29(38-31(2,3)4)19-35(28)18-22-7-9-23(10-8-22)30-33-16-26(36-5)17-34-30/h6-17,19H,18,20H2,1-5H3. The van der Waals surface area contributed by atoms with Crippen molar-refractivity contribution in [2.75, 3.05) is 7.11 Å². The van der Waals surface area contributed by atoms with Crippen LogP contribution in [-0.2, 0) is 13.2 Å². The van der Waals surface area contributed by atoms with Gasteiger partial charge >= 0.3 is 0 Å². The van der Waals surface area contributed by atoms with E-state index in [2.05, 4.69) is 89.0 Å². The first-order valence-electron chi connectivity index (χ1n) is 12.6. The molecular weight excluding hydrogens is 492 g/mol. The van der Waals surface area contributed by atoms with E-state index in [1.807, 2.05) is 37.0 Å². The summed E-state index contributed by atoms with van der Waals surface area (Å²) in [5.74, 6) is 2.17. The molecule has 0 aliphatic rings. The monoisotopic (exact) mass is 524 g/mol. The highest BCUT2D eigenvalue weighted by Gasteiger charge is 2.18. The van der Waals surface area contributed by atoms with Crippen LogP contribution in [-0.4, -0.2) is 31.4 Å². The van der Waals surface area contributed by atoms with Crippen molar-refractivity contribution in [2.45, 2.75) is 50.5 Å². The van der Waals surface area contributed by atoms with Gasteiger partial charge in [-0.3, -0.25) is 4.98 Å². The van der Waals surface area contributed by atoms with Crippen LogP contribution in [0.25, 0.3) is 22.3 Å². The maximum Gasteiger partial charge on any atom is 0.159 e. The van der Waals surface area contributed by atoms with Crippen molar-refractivity contribution in [2.24, 2.45) is 0 Å². The Bertz CT molecular complexity index is 1520. The fourth-order valence-corrected chi connectivity index (χ4v) is 5.26. The third-order valence-corrected chi connectivity index (χ3v) is 7.18. The Morgan fingerprint density at radius 3 is 2.29 bits per heavy atom. The van der Waals surface area contributed by atoms with Gasteiger partial charge in [0, 0.05) is 45.0 Å². The molecule has 0 atom stereocenters. The van der Waals surface area contributed by atoms with Gasteiger partial charge in [0.1, 0.15) is 12.4 Å². The molecule has 0 aliphatic carbocycles. The summed E-state index contributed by atoms with van der Waals surface area (Å²) in [6.45, 7) is 9.96. The number of thioether (sulfide) groups is 1. The Morgan fingerprint density at radius 1 is 0.868 bits per heavy atom. The lowest BCUT2D eigenvalue weighted by molar-refractivity contribution is 0.301. The molecule has 0 N–H and O–H groups in total. The number of pyridine rings is 1. The van der Waals surface area contributed by atoms with Crippen molar-refractivity contribution in [3.8, 4) is 22.9 Å². The minimum absolute atomic E-state index is 0.0851. The normalized spacial score (nSPS) is 11.6. The van der Waals surface area contributed by atoms with Gasteiger partial charge in [0.15, 0.2) is 11.6 Å². The quantitative estimate of drug-likeness (QED) is 0.198. The minimum Gasteiger partial charge on any atom is -0.494 e. The molecule has 38 heavy (non-hydrogen) atoms. The molecule has 0 bridgehead atoms. The van der Waals surface area contributed by atoms with Crippen molar-refractivity contribution in [1.82, 2.24) is 19.5 Å². The smallest absolute Gasteiger partial charge is 0.159 e. The number of aromatic nitrogens is 4. The summed E-state index contributed by atoms with van der Waals surface area (Å²) >= 11 is 1.87. The summed E-state index contributed by atoms with van der Waals surface area (Å²) < 4.78 is 13.7. The van der Waals surface area contributed by atoms with Gasteiger partial charge in [-0.1, -0.05) is 51.1 Å². The highest BCUT2D eigenvalue weighted by atomic mass is 32.2. The maximum atomic E-state index is 6.12. The first-order chi connectivity index (χ1) is 18.3. The molecule has 0 unspecified atom stereocenters. The Morgan fingerprint density at radius 2 is 1.63 bits per heavy atom. The average molecular weight is 525 g/mol. The highest BCUT2D eigenvalue weighted by molar-refractivity contribution is 8.00. The molecule has 0 aliphatic heterocycles. The molecule has 3 aromatic heterocycles. The molecule has 5 aromatic rings. The van der Waals surface area contributed by atoms with Gasteiger partial charge in [-0.15, -0.1) is 11.8 Å². The maximum absolute atomic E-state index is 6.12. The van der Waals surface area contributed by atoms with Crippen molar-refractivity contribution >= 4 is 22.7 Å². The zero-order chi connectivity index (χ0) is 26.7. The van der Waals surface area contributed by atoms with E-state index in [-0.39, 0.29) is 4.75 Å². The fourth-order valence-electron chi connectivity index (χ4n) is 4.14. The lowest BCUT2D eigenvalue weighted by Gasteiger charge is -2.16. The number of ether oxygens (including phenoxy) is 2. The molecule has 194 valence electrons. The van der Waals surface area contributed by atoms with Gasteiger partial charge in [-0.05, 0) is 42.3 Å². The highest BCUT2D eigenvalue weighted by Crippen LogP contribution is 2.39. The van der Waals surface area contributed by atoms with Crippen molar-refractivity contribution < 1.29 is 9.47 Å². The van der Waals surface area contributed by atoms with Crippen LogP contribution < -0.4 is 9.47 Å². The van der Waals surface area contributed by atoms with Gasteiger partial charge in [-0.2, -0.15) is 0 Å². The predicted octanol–water partition coefficient (Wildman–Crippen LogP) is 7.33. The third-order valence-electron chi connectivity index (χ3n) is 6.02. The van der Waals surface area contributed by atoms with E-state index >= 15 is 0 Å². The molecule has 0 fully saturated rings. The molecular formula is C31H32N4O2S. The van der Waals surface area contributed by atoms with Crippen molar-refractivity contribution in [3.63, 3.8) is 0 Å². The van der Waals surface area contributed by atoms with Crippen LogP contribution in [0.2, 0.25) is 0 Å². The molecule has 7 heteroatoms. The second-order valence-corrected chi connectivity index (χ2v) is 12.1. The van der Waals surface area contributed by atoms with Crippen LogP contribution in [0.3, 0.4) is 0 Å². The van der Waals surface area contributed by atoms with Crippen molar-refractivity contribution in [1.29, 1.82) is 0 Å². The van der Waals surface area contributed by atoms with E-state index < -0.39 is 0 Å². The molecule has 0 saturated carbocycles. The van der Waals surface area contributed by atoms with Crippen LogP contribution in [0.1, 0.15) is 37.6 Å². The molecule has 0 saturated heterocycles. The molecule has 5 rings (SSSR count). The number of fused-ring (bicyclic) bond motifs is 1. The number of nitrogens with zero attached hydrogens (tertiary/aromatic N) is 4. The van der Waals surface area contributed by atoms with Gasteiger partial charge in [-0.25, -0.2) is 9.97 Å². The summed E-state index contributed by atoms with van der Waals surface area (Å²) in [6.07, 6.45) is 7.50. The molecule has 0 radical (unpaired) electrons. The summed E-state index contributed by atoms with van der Waals surface area (Å²) in [7, 11) is 1.61. The zero-order valence-corrected chi connectivity index (χ0v) is 23.2. The Kier molecular flexibility index (Phi) is 7.38. The largest absolute Gasteiger partial charge is 0.494 e. The number of rotatable bonds is 8. The van der Waals surface area contributed by atoms with Gasteiger partial charge in [0.05, 0.1) is 25.2 Å². The number of aryl methyl sites for hydroxylation is 1. The summed E-state index contributed by atoms with van der Waals surface area (Å²) in [5, 5.41) is 1.20. The predicted molar refractivity (Wildman–Crippen MR) is 154 cm³/mol. The van der Waals surface area contributed by atoms with Crippen LogP contribution in [0.4, 0.5) is 0 Å².